The predicted molar refractivity (Wildman–Crippen MR) is 73.5 cm³/mol. The second-order valence-corrected chi connectivity index (χ2v) is 5.78. The molecule has 2 unspecified atom stereocenters. The third-order valence-corrected chi connectivity index (χ3v) is 4.62. The largest absolute Gasteiger partial charge is 0.388 e. The Kier molecular flexibility index (Phi) is 3.67. The molecule has 0 spiro atoms. The third kappa shape index (κ3) is 2.45. The molecule has 1 aromatic rings. The Morgan fingerprint density at radius 1 is 1.17 bits per heavy atom. The maximum absolute atomic E-state index is 10.5. The molecule has 2 aliphatic rings. The highest BCUT2D eigenvalue weighted by molar-refractivity contribution is 5.31. The highest BCUT2D eigenvalue weighted by Gasteiger charge is 2.27. The maximum atomic E-state index is 10.5. The van der Waals surface area contributed by atoms with Crippen molar-refractivity contribution in [2.75, 3.05) is 19.6 Å². The summed E-state index contributed by atoms with van der Waals surface area (Å²) in [6.07, 6.45) is 5.91. The molecule has 1 aliphatic carbocycles. The number of aryl methyl sites for hydroxylation is 1. The number of rotatable bonds is 3. The minimum atomic E-state index is -0.238. The van der Waals surface area contributed by atoms with Crippen molar-refractivity contribution in [1.82, 2.24) is 4.90 Å². The van der Waals surface area contributed by atoms with Crippen LogP contribution in [-0.2, 0) is 6.42 Å². The molecule has 2 heteroatoms. The first-order chi connectivity index (χ1) is 8.84. The van der Waals surface area contributed by atoms with Gasteiger partial charge in [0, 0.05) is 0 Å². The van der Waals surface area contributed by atoms with E-state index in [4.69, 9.17) is 0 Å². The lowest BCUT2D eigenvalue weighted by atomic mass is 9.80. The third-order valence-electron chi connectivity index (χ3n) is 4.62. The molecule has 1 aromatic carbocycles. The van der Waals surface area contributed by atoms with Crippen molar-refractivity contribution in [3.63, 3.8) is 0 Å². The van der Waals surface area contributed by atoms with Gasteiger partial charge in [0.15, 0.2) is 0 Å². The molecule has 0 saturated carbocycles. The molecule has 0 amide bonds. The van der Waals surface area contributed by atoms with Gasteiger partial charge in [0.2, 0.25) is 0 Å². The van der Waals surface area contributed by atoms with E-state index < -0.39 is 0 Å². The van der Waals surface area contributed by atoms with E-state index in [0.717, 1.165) is 19.3 Å². The molecule has 3 rings (SSSR count). The summed E-state index contributed by atoms with van der Waals surface area (Å²) in [7, 11) is 0. The molecule has 0 aromatic heterocycles. The zero-order chi connectivity index (χ0) is 12.4. The molecular formula is C16H23NO. The number of hydrogen-bond acceptors (Lipinski definition) is 2. The molecule has 1 heterocycles. The Morgan fingerprint density at radius 3 is 2.78 bits per heavy atom. The lowest BCUT2D eigenvalue weighted by molar-refractivity contribution is 0.0821. The smallest absolute Gasteiger partial charge is 0.0821 e. The zero-order valence-corrected chi connectivity index (χ0v) is 11.0. The van der Waals surface area contributed by atoms with E-state index in [0.29, 0.717) is 5.92 Å². The molecule has 0 radical (unpaired) electrons. The second kappa shape index (κ2) is 5.41. The van der Waals surface area contributed by atoms with Gasteiger partial charge >= 0.3 is 0 Å². The van der Waals surface area contributed by atoms with Crippen molar-refractivity contribution in [3.05, 3.63) is 35.4 Å². The molecule has 1 N–H and O–H groups in total. The predicted octanol–water partition coefficient (Wildman–Crippen LogP) is 2.77. The fourth-order valence-corrected chi connectivity index (χ4v) is 3.46. The summed E-state index contributed by atoms with van der Waals surface area (Å²) in [5, 5.41) is 10.5. The highest BCUT2D eigenvalue weighted by atomic mass is 16.3. The van der Waals surface area contributed by atoms with E-state index in [9.17, 15) is 5.11 Å². The minimum absolute atomic E-state index is 0.238. The van der Waals surface area contributed by atoms with E-state index in [1.165, 1.54) is 43.6 Å². The van der Waals surface area contributed by atoms with E-state index in [2.05, 4.69) is 23.1 Å². The number of fused-ring (bicyclic) bond motifs is 1. The van der Waals surface area contributed by atoms with Crippen molar-refractivity contribution in [1.29, 1.82) is 0 Å². The molecular weight excluding hydrogens is 222 g/mol. The van der Waals surface area contributed by atoms with Gasteiger partial charge in [-0.05, 0) is 68.8 Å². The summed E-state index contributed by atoms with van der Waals surface area (Å²) in [4.78, 5) is 2.55. The number of benzene rings is 1. The van der Waals surface area contributed by atoms with Gasteiger partial charge in [0.25, 0.3) is 0 Å². The van der Waals surface area contributed by atoms with Crippen molar-refractivity contribution >= 4 is 0 Å². The Hall–Kier alpha value is -0.860. The van der Waals surface area contributed by atoms with Gasteiger partial charge in [-0.1, -0.05) is 24.3 Å². The van der Waals surface area contributed by atoms with Crippen molar-refractivity contribution in [2.24, 2.45) is 5.92 Å². The van der Waals surface area contributed by atoms with E-state index in [1.807, 2.05) is 6.07 Å². The van der Waals surface area contributed by atoms with Crippen LogP contribution in [0.2, 0.25) is 0 Å². The fourth-order valence-electron chi connectivity index (χ4n) is 3.46. The van der Waals surface area contributed by atoms with E-state index >= 15 is 0 Å². The summed E-state index contributed by atoms with van der Waals surface area (Å²) >= 11 is 0. The van der Waals surface area contributed by atoms with Crippen LogP contribution in [0.1, 0.15) is 42.9 Å². The van der Waals surface area contributed by atoms with Crippen LogP contribution in [0.4, 0.5) is 0 Å². The summed E-state index contributed by atoms with van der Waals surface area (Å²) in [5.41, 5.74) is 2.53. The number of aliphatic hydroxyl groups excluding tert-OH is 1. The van der Waals surface area contributed by atoms with Crippen LogP contribution in [0.5, 0.6) is 0 Å². The Balaban J connectivity index is 1.61. The zero-order valence-electron chi connectivity index (χ0n) is 11.0. The number of aliphatic hydroxyl groups is 1. The number of hydrogen-bond donors (Lipinski definition) is 1. The van der Waals surface area contributed by atoms with E-state index in [-0.39, 0.29) is 6.10 Å². The first-order valence-electron chi connectivity index (χ1n) is 7.33. The van der Waals surface area contributed by atoms with Crippen molar-refractivity contribution < 1.29 is 5.11 Å². The van der Waals surface area contributed by atoms with Gasteiger partial charge in [-0.15, -0.1) is 0 Å². The Morgan fingerprint density at radius 2 is 1.94 bits per heavy atom. The van der Waals surface area contributed by atoms with E-state index in [1.54, 1.807) is 0 Å². The van der Waals surface area contributed by atoms with Gasteiger partial charge in [0.1, 0.15) is 0 Å². The van der Waals surface area contributed by atoms with Crippen LogP contribution in [-0.4, -0.2) is 29.6 Å². The van der Waals surface area contributed by atoms with Crippen LogP contribution in [0, 0.1) is 5.92 Å². The topological polar surface area (TPSA) is 23.5 Å². The normalized spacial score (nSPS) is 28.3. The average Bonchev–Trinajstić information content (AvgIpc) is 2.91. The van der Waals surface area contributed by atoms with Gasteiger partial charge in [-0.25, -0.2) is 0 Å². The van der Waals surface area contributed by atoms with Crippen molar-refractivity contribution in [3.8, 4) is 0 Å². The summed E-state index contributed by atoms with van der Waals surface area (Å²) in [6, 6.07) is 8.39. The van der Waals surface area contributed by atoms with Crippen LogP contribution < -0.4 is 0 Å². The molecule has 2 atom stereocenters. The summed E-state index contributed by atoms with van der Waals surface area (Å²) < 4.78 is 0. The Labute approximate surface area is 110 Å². The van der Waals surface area contributed by atoms with Gasteiger partial charge in [-0.2, -0.15) is 0 Å². The molecule has 1 saturated heterocycles. The fraction of sp³-hybridized carbons (Fsp3) is 0.625. The van der Waals surface area contributed by atoms with Crippen molar-refractivity contribution in [2.45, 2.75) is 38.2 Å². The average molecular weight is 245 g/mol. The number of likely N-dealkylation sites (tertiary alicyclic amines) is 1. The monoisotopic (exact) mass is 245 g/mol. The van der Waals surface area contributed by atoms with Gasteiger partial charge in [0.05, 0.1) is 6.10 Å². The minimum Gasteiger partial charge on any atom is -0.388 e. The first-order valence-corrected chi connectivity index (χ1v) is 7.33. The first kappa shape index (κ1) is 12.2. The molecule has 1 fully saturated rings. The molecule has 0 bridgehead atoms. The molecule has 98 valence electrons. The highest BCUT2D eigenvalue weighted by Crippen LogP contribution is 2.36. The van der Waals surface area contributed by atoms with Crippen LogP contribution >= 0.6 is 0 Å². The maximum Gasteiger partial charge on any atom is 0.0821 e. The Bertz CT molecular complexity index is 398. The molecule has 1 aliphatic heterocycles. The molecule has 18 heavy (non-hydrogen) atoms. The lowest BCUT2D eigenvalue weighted by Crippen LogP contribution is -2.27. The van der Waals surface area contributed by atoms with Gasteiger partial charge < -0.3 is 10.0 Å². The SMILES string of the molecule is OC1c2ccccc2CCC1CCN1CCCC1. The summed E-state index contributed by atoms with van der Waals surface area (Å²) in [5.74, 6) is 0.459. The lowest BCUT2D eigenvalue weighted by Gasteiger charge is -2.31. The van der Waals surface area contributed by atoms with Crippen LogP contribution in [0.3, 0.4) is 0 Å². The van der Waals surface area contributed by atoms with Crippen LogP contribution in [0.25, 0.3) is 0 Å². The standard InChI is InChI=1S/C16H23NO/c18-16-14(9-12-17-10-3-4-11-17)8-7-13-5-1-2-6-15(13)16/h1-2,5-6,14,16,18H,3-4,7-12H2. The molecule has 2 nitrogen and oxygen atoms in total. The van der Waals surface area contributed by atoms with Crippen LogP contribution in [0.15, 0.2) is 24.3 Å². The number of nitrogens with zero attached hydrogens (tertiary/aromatic N) is 1. The second-order valence-electron chi connectivity index (χ2n) is 5.78. The quantitative estimate of drug-likeness (QED) is 0.885. The van der Waals surface area contributed by atoms with Gasteiger partial charge in [-0.3, -0.25) is 0 Å². The summed E-state index contributed by atoms with van der Waals surface area (Å²) in [6.45, 7) is 3.70.